The second-order valence-electron chi connectivity index (χ2n) is 2.15. The van der Waals surface area contributed by atoms with Crippen LogP contribution in [-0.2, 0) is 0 Å². The molecule has 0 heterocycles. The van der Waals surface area contributed by atoms with Crippen molar-refractivity contribution in [3.05, 3.63) is 11.9 Å². The Balaban J connectivity index is 2.86. The molecule has 0 rings (SSSR count). The van der Waals surface area contributed by atoms with Gasteiger partial charge in [-0.15, -0.1) is 0 Å². The summed E-state index contributed by atoms with van der Waals surface area (Å²) in [5, 5.41) is 0. The summed E-state index contributed by atoms with van der Waals surface area (Å²) in [6, 6.07) is 0. The number of hydrogen-bond donors (Lipinski definition) is 0. The number of rotatable bonds is 5. The first-order valence-corrected chi connectivity index (χ1v) is 5.08. The first-order valence-electron chi connectivity index (χ1n) is 3.80. The maximum Gasteiger partial charge on any atom is -0.0321 e. The van der Waals surface area contributed by atoms with Crippen molar-refractivity contribution in [2.45, 2.75) is 33.1 Å². The third-order valence-corrected chi connectivity index (χ3v) is 2.35. The van der Waals surface area contributed by atoms with Crippen LogP contribution < -0.4 is 0 Å². The predicted molar refractivity (Wildman–Crippen MR) is 47.5 cm³/mol. The second kappa shape index (κ2) is 8.17. The van der Waals surface area contributed by atoms with E-state index in [9.17, 15) is 0 Å². The fourth-order valence-corrected chi connectivity index (χ4v) is 1.35. The van der Waals surface area contributed by atoms with Gasteiger partial charge in [0.2, 0.25) is 0 Å². The summed E-state index contributed by atoms with van der Waals surface area (Å²) in [4.78, 5) is 0. The van der Waals surface area contributed by atoms with Crippen LogP contribution in [0.25, 0.3) is 0 Å². The van der Waals surface area contributed by atoms with Crippen molar-refractivity contribution in [1.29, 1.82) is 0 Å². The largest absolute Gasteiger partial charge is 0.0988 e. The van der Waals surface area contributed by atoms with E-state index in [4.69, 9.17) is 0 Å². The van der Waals surface area contributed by atoms with E-state index < -0.39 is 0 Å². The minimum atomic E-state index is 1.06. The van der Waals surface area contributed by atoms with Crippen molar-refractivity contribution < 1.29 is 0 Å². The van der Waals surface area contributed by atoms with E-state index in [0.29, 0.717) is 0 Å². The maximum absolute atomic E-state index is 2.33. The van der Waals surface area contributed by atoms with E-state index in [1.165, 1.54) is 25.4 Å². The van der Waals surface area contributed by atoms with E-state index in [1.54, 1.807) is 0 Å². The summed E-state index contributed by atoms with van der Waals surface area (Å²) in [5.74, 6) is 2.33. The van der Waals surface area contributed by atoms with Gasteiger partial charge < -0.3 is 0 Å². The summed E-state index contributed by atoms with van der Waals surface area (Å²) in [6.07, 6.45) is 7.55. The lowest BCUT2D eigenvalue weighted by molar-refractivity contribution is 0.960. The predicted octanol–water partition coefficient (Wildman–Crippen LogP) is 3.39. The molecule has 1 atom stereocenters. The second-order valence-corrected chi connectivity index (χ2v) is 3.39. The molecule has 0 aliphatic heterocycles. The number of unbranched alkanes of at least 4 members (excludes halogenated alkanes) is 1. The van der Waals surface area contributed by atoms with Gasteiger partial charge in [0.15, 0.2) is 0 Å². The molecule has 0 aromatic carbocycles. The van der Waals surface area contributed by atoms with E-state index in [-0.39, 0.29) is 0 Å². The highest BCUT2D eigenvalue weighted by Crippen LogP contribution is 2.12. The molecule has 0 nitrogen and oxygen atoms in total. The molecular formula is C8H17P. The number of allylic oxidation sites excluding steroid dienone is 1. The first kappa shape index (κ1) is 9.17. The van der Waals surface area contributed by atoms with Crippen LogP contribution in [0, 0.1) is 0 Å². The molecule has 0 bridgehead atoms. The molecule has 0 fully saturated rings. The van der Waals surface area contributed by atoms with Crippen molar-refractivity contribution >= 4 is 8.58 Å². The smallest absolute Gasteiger partial charge is 0.0321 e. The van der Waals surface area contributed by atoms with Crippen molar-refractivity contribution in [3.8, 4) is 0 Å². The fraction of sp³-hybridized carbons (Fsp3) is 0.750. The Morgan fingerprint density at radius 2 is 2.00 bits per heavy atom. The molecule has 1 heteroatoms. The van der Waals surface area contributed by atoms with Gasteiger partial charge in [0.05, 0.1) is 0 Å². The third-order valence-electron chi connectivity index (χ3n) is 1.09. The lowest BCUT2D eigenvalue weighted by atomic mass is 10.3. The molecule has 0 aliphatic carbocycles. The molecule has 0 aliphatic rings. The minimum Gasteiger partial charge on any atom is -0.0988 e. The van der Waals surface area contributed by atoms with Crippen LogP contribution in [0.4, 0.5) is 0 Å². The summed E-state index contributed by atoms with van der Waals surface area (Å²) in [7, 11) is 1.06. The zero-order valence-electron chi connectivity index (χ0n) is 6.48. The summed E-state index contributed by atoms with van der Waals surface area (Å²) in [5.41, 5.74) is 0. The SMILES string of the molecule is CCCC=CPCCC. The molecule has 0 spiro atoms. The molecule has 0 aromatic heterocycles. The molecule has 0 aromatic rings. The quantitative estimate of drug-likeness (QED) is 0.410. The van der Waals surface area contributed by atoms with Crippen LogP contribution in [0.5, 0.6) is 0 Å². The highest BCUT2D eigenvalue weighted by atomic mass is 31.1. The monoisotopic (exact) mass is 144 g/mol. The maximum atomic E-state index is 2.33. The van der Waals surface area contributed by atoms with Crippen LogP contribution in [0.15, 0.2) is 11.9 Å². The van der Waals surface area contributed by atoms with E-state index in [1.807, 2.05) is 0 Å². The highest BCUT2D eigenvalue weighted by molar-refractivity contribution is 7.41. The van der Waals surface area contributed by atoms with Crippen LogP contribution in [0.1, 0.15) is 33.1 Å². The summed E-state index contributed by atoms with van der Waals surface area (Å²) < 4.78 is 0. The van der Waals surface area contributed by atoms with Crippen molar-refractivity contribution in [2.75, 3.05) is 6.16 Å². The van der Waals surface area contributed by atoms with Gasteiger partial charge in [-0.25, -0.2) is 0 Å². The van der Waals surface area contributed by atoms with E-state index in [2.05, 4.69) is 25.7 Å². The Morgan fingerprint density at radius 3 is 2.56 bits per heavy atom. The van der Waals surface area contributed by atoms with Gasteiger partial charge in [0.1, 0.15) is 0 Å². The Morgan fingerprint density at radius 1 is 1.22 bits per heavy atom. The lowest BCUT2D eigenvalue weighted by Gasteiger charge is -1.87. The van der Waals surface area contributed by atoms with Crippen molar-refractivity contribution in [2.24, 2.45) is 0 Å². The molecule has 0 radical (unpaired) electrons. The highest BCUT2D eigenvalue weighted by Gasteiger charge is 1.75. The van der Waals surface area contributed by atoms with E-state index in [0.717, 1.165) is 8.58 Å². The fourth-order valence-electron chi connectivity index (χ4n) is 0.561. The van der Waals surface area contributed by atoms with Gasteiger partial charge in [-0.05, 0) is 12.6 Å². The Bertz CT molecular complexity index is 67.0. The average molecular weight is 144 g/mol. The Hall–Kier alpha value is 0.170. The molecule has 9 heavy (non-hydrogen) atoms. The van der Waals surface area contributed by atoms with Gasteiger partial charge in [-0.3, -0.25) is 0 Å². The molecule has 0 N–H and O–H groups in total. The van der Waals surface area contributed by atoms with Crippen LogP contribution in [0.3, 0.4) is 0 Å². The van der Waals surface area contributed by atoms with Crippen molar-refractivity contribution in [3.63, 3.8) is 0 Å². The van der Waals surface area contributed by atoms with Crippen LogP contribution in [0.2, 0.25) is 0 Å². The van der Waals surface area contributed by atoms with Crippen LogP contribution >= 0.6 is 8.58 Å². The third kappa shape index (κ3) is 8.17. The van der Waals surface area contributed by atoms with Crippen LogP contribution in [-0.4, -0.2) is 6.16 Å². The van der Waals surface area contributed by atoms with Gasteiger partial charge in [0, 0.05) is 0 Å². The van der Waals surface area contributed by atoms with Gasteiger partial charge in [0.25, 0.3) is 0 Å². The average Bonchev–Trinajstić information content (AvgIpc) is 1.89. The molecule has 1 unspecified atom stereocenters. The molecule has 0 saturated carbocycles. The zero-order valence-corrected chi connectivity index (χ0v) is 7.48. The Kier molecular flexibility index (Phi) is 8.32. The molecule has 0 amide bonds. The van der Waals surface area contributed by atoms with Crippen molar-refractivity contribution in [1.82, 2.24) is 0 Å². The summed E-state index contributed by atoms with van der Waals surface area (Å²) in [6.45, 7) is 4.45. The normalized spacial score (nSPS) is 12.2. The molecular weight excluding hydrogens is 127 g/mol. The molecule has 54 valence electrons. The standard InChI is InChI=1S/C8H17P/c1-3-5-6-8-9-7-4-2/h6,8-9H,3-5,7H2,1-2H3. The summed E-state index contributed by atoms with van der Waals surface area (Å²) >= 11 is 0. The van der Waals surface area contributed by atoms with Gasteiger partial charge in [-0.1, -0.05) is 47.2 Å². The van der Waals surface area contributed by atoms with Gasteiger partial charge >= 0.3 is 0 Å². The van der Waals surface area contributed by atoms with E-state index >= 15 is 0 Å². The minimum absolute atomic E-state index is 1.06. The topological polar surface area (TPSA) is 0 Å². The van der Waals surface area contributed by atoms with Gasteiger partial charge in [-0.2, -0.15) is 0 Å². The Labute approximate surface area is 60.5 Å². The molecule has 0 saturated heterocycles. The first-order chi connectivity index (χ1) is 4.41. The number of hydrogen-bond acceptors (Lipinski definition) is 0. The lowest BCUT2D eigenvalue weighted by Crippen LogP contribution is -1.64. The zero-order chi connectivity index (χ0) is 6.95.